The number of phenols is 1. The molecular formula is C25H25N3O6. The Balaban J connectivity index is 2.09. The predicted octanol–water partition coefficient (Wildman–Crippen LogP) is 4.67. The topological polar surface area (TPSA) is 130 Å². The summed E-state index contributed by atoms with van der Waals surface area (Å²) in [6.45, 7) is 6.50. The number of benzene rings is 2. The maximum atomic E-state index is 13.5. The number of Topliss-reactive ketones (excluding diaryl/α,β-unsaturated/α-hetero) is 2. The second-order valence-electron chi connectivity index (χ2n) is 9.52. The third-order valence-corrected chi connectivity index (χ3v) is 6.24. The second kappa shape index (κ2) is 8.09. The Morgan fingerprint density at radius 1 is 1.18 bits per heavy atom. The molecule has 0 spiro atoms. The van der Waals surface area contributed by atoms with E-state index in [4.69, 9.17) is 0 Å². The number of fused-ring (bicyclic) bond motifs is 1. The molecule has 2 aliphatic rings. The van der Waals surface area contributed by atoms with Gasteiger partial charge >= 0.3 is 5.69 Å². The van der Waals surface area contributed by atoms with Crippen LogP contribution < -0.4 is 10.2 Å². The van der Waals surface area contributed by atoms with E-state index in [2.05, 4.69) is 5.32 Å². The van der Waals surface area contributed by atoms with E-state index >= 15 is 0 Å². The maximum Gasteiger partial charge on any atom is 0.311 e. The van der Waals surface area contributed by atoms with Crippen LogP contribution in [0.2, 0.25) is 0 Å². The number of allylic oxidation sites excluding steroid dienone is 1. The Morgan fingerprint density at radius 2 is 1.85 bits per heavy atom. The van der Waals surface area contributed by atoms with E-state index in [0.29, 0.717) is 29.1 Å². The first-order valence-electron chi connectivity index (χ1n) is 10.9. The average Bonchev–Trinajstić information content (AvgIpc) is 2.86. The number of phenolic OH excluding ortho intramolecular Hbond substituents is 1. The number of anilines is 2. The van der Waals surface area contributed by atoms with Crippen LogP contribution in [0.1, 0.15) is 62.5 Å². The quantitative estimate of drug-likeness (QED) is 0.384. The number of hydrogen-bond donors (Lipinski definition) is 2. The fourth-order valence-electron chi connectivity index (χ4n) is 4.86. The van der Waals surface area contributed by atoms with Gasteiger partial charge in [0.05, 0.1) is 27.9 Å². The third-order valence-electron chi connectivity index (χ3n) is 6.24. The summed E-state index contributed by atoms with van der Waals surface area (Å²) in [6.07, 6.45) is 0.746. The van der Waals surface area contributed by atoms with Gasteiger partial charge in [-0.3, -0.25) is 29.4 Å². The standard InChI is InChI=1S/C25H25N3O6/c1-13(29)16-9-15(10-20(24(16)32)28(33)34)23-22-18(11-25(3,4)12-21(22)31)26-17-7-5-6-8-19(17)27(23)14(2)30/h5-10,23,26,32H,11-12H2,1-4H3/t23-/m1/s1. The molecule has 1 atom stereocenters. The van der Waals surface area contributed by atoms with Crippen molar-refractivity contribution in [2.24, 2.45) is 5.41 Å². The van der Waals surface area contributed by atoms with Crippen molar-refractivity contribution in [1.29, 1.82) is 0 Å². The Bertz CT molecular complexity index is 1260. The average molecular weight is 463 g/mol. The highest BCUT2D eigenvalue weighted by Gasteiger charge is 2.43. The summed E-state index contributed by atoms with van der Waals surface area (Å²) in [6, 6.07) is 8.52. The monoisotopic (exact) mass is 463 g/mol. The number of para-hydroxylation sites is 2. The van der Waals surface area contributed by atoms with Crippen LogP contribution >= 0.6 is 0 Å². The number of nitrogens with one attached hydrogen (secondary N) is 1. The predicted molar refractivity (Wildman–Crippen MR) is 126 cm³/mol. The molecule has 0 saturated carbocycles. The minimum atomic E-state index is -1.02. The van der Waals surface area contributed by atoms with Gasteiger partial charge < -0.3 is 10.4 Å². The van der Waals surface area contributed by atoms with E-state index in [1.807, 2.05) is 13.8 Å². The van der Waals surface area contributed by atoms with Crippen molar-refractivity contribution in [1.82, 2.24) is 0 Å². The molecule has 0 radical (unpaired) electrons. The van der Waals surface area contributed by atoms with E-state index in [1.54, 1.807) is 24.3 Å². The Kier molecular flexibility index (Phi) is 5.51. The van der Waals surface area contributed by atoms with Gasteiger partial charge in [0.2, 0.25) is 11.7 Å². The van der Waals surface area contributed by atoms with Crippen molar-refractivity contribution in [2.75, 3.05) is 10.2 Å². The molecule has 2 aromatic rings. The van der Waals surface area contributed by atoms with Gasteiger partial charge in [0, 0.05) is 30.7 Å². The summed E-state index contributed by atoms with van der Waals surface area (Å²) in [5, 5.41) is 25.4. The summed E-state index contributed by atoms with van der Waals surface area (Å²) in [4.78, 5) is 51.1. The maximum absolute atomic E-state index is 13.5. The highest BCUT2D eigenvalue weighted by atomic mass is 16.6. The number of carbonyl (C=O) groups excluding carboxylic acids is 3. The van der Waals surface area contributed by atoms with Crippen LogP contribution in [0.3, 0.4) is 0 Å². The fraction of sp³-hybridized carbons (Fsp3) is 0.320. The largest absolute Gasteiger partial charge is 0.502 e. The summed E-state index contributed by atoms with van der Waals surface area (Å²) in [5.74, 6) is -1.89. The summed E-state index contributed by atoms with van der Waals surface area (Å²) in [7, 11) is 0. The Morgan fingerprint density at radius 3 is 2.47 bits per heavy atom. The molecule has 0 fully saturated rings. The molecule has 0 saturated heterocycles. The van der Waals surface area contributed by atoms with E-state index in [1.165, 1.54) is 24.8 Å². The SMILES string of the molecule is CC(=O)c1cc([C@@H]2C3=C(CC(C)(C)CC3=O)Nc3ccccc3N2C(C)=O)cc([N+](=O)[O-])c1O. The van der Waals surface area contributed by atoms with Gasteiger partial charge in [0.1, 0.15) is 0 Å². The molecule has 0 unspecified atom stereocenters. The molecule has 4 rings (SSSR count). The molecule has 9 heteroatoms. The zero-order valence-corrected chi connectivity index (χ0v) is 19.3. The number of aromatic hydroxyl groups is 1. The van der Waals surface area contributed by atoms with Gasteiger partial charge in [0.25, 0.3) is 0 Å². The molecule has 1 heterocycles. The van der Waals surface area contributed by atoms with Crippen molar-refractivity contribution in [3.8, 4) is 5.75 Å². The molecule has 1 amide bonds. The van der Waals surface area contributed by atoms with Gasteiger partial charge in [-0.05, 0) is 42.5 Å². The number of nitro groups is 1. The van der Waals surface area contributed by atoms with E-state index in [9.17, 15) is 29.6 Å². The van der Waals surface area contributed by atoms with Gasteiger partial charge in [-0.1, -0.05) is 26.0 Å². The van der Waals surface area contributed by atoms with Crippen molar-refractivity contribution in [3.63, 3.8) is 0 Å². The number of nitrogens with zero attached hydrogens (tertiary/aromatic N) is 2. The van der Waals surface area contributed by atoms with Crippen molar-refractivity contribution < 1.29 is 24.4 Å². The number of ketones is 2. The fourth-order valence-corrected chi connectivity index (χ4v) is 4.86. The highest BCUT2D eigenvalue weighted by Crippen LogP contribution is 2.49. The zero-order valence-electron chi connectivity index (χ0n) is 19.3. The van der Waals surface area contributed by atoms with Crippen molar-refractivity contribution in [3.05, 3.63) is 68.9 Å². The van der Waals surface area contributed by atoms with Crippen molar-refractivity contribution in [2.45, 2.75) is 46.6 Å². The first-order chi connectivity index (χ1) is 15.9. The highest BCUT2D eigenvalue weighted by molar-refractivity contribution is 6.06. The van der Waals surface area contributed by atoms with Crippen LogP contribution in [0.5, 0.6) is 5.75 Å². The number of hydrogen-bond acceptors (Lipinski definition) is 7. The molecule has 1 aliphatic heterocycles. The molecular weight excluding hydrogens is 438 g/mol. The van der Waals surface area contributed by atoms with E-state index in [-0.39, 0.29) is 34.7 Å². The van der Waals surface area contributed by atoms with Crippen LogP contribution in [0.25, 0.3) is 0 Å². The lowest BCUT2D eigenvalue weighted by Crippen LogP contribution is -2.38. The Hall–Kier alpha value is -4.01. The van der Waals surface area contributed by atoms with E-state index in [0.717, 1.165) is 6.07 Å². The first kappa shape index (κ1) is 23.2. The second-order valence-corrected chi connectivity index (χ2v) is 9.52. The minimum Gasteiger partial charge on any atom is -0.502 e. The van der Waals surface area contributed by atoms with Gasteiger partial charge in [0.15, 0.2) is 11.6 Å². The molecule has 0 aromatic heterocycles. The van der Waals surface area contributed by atoms with Crippen LogP contribution in [-0.2, 0) is 9.59 Å². The zero-order chi connectivity index (χ0) is 24.9. The molecule has 2 N–H and O–H groups in total. The summed E-state index contributed by atoms with van der Waals surface area (Å²) < 4.78 is 0. The third kappa shape index (κ3) is 3.83. The number of amides is 1. The van der Waals surface area contributed by atoms with Crippen LogP contribution in [0.15, 0.2) is 47.7 Å². The summed E-state index contributed by atoms with van der Waals surface area (Å²) in [5.41, 5.74) is 1.02. The lowest BCUT2D eigenvalue weighted by Gasteiger charge is -2.36. The van der Waals surface area contributed by atoms with Gasteiger partial charge in [-0.15, -0.1) is 0 Å². The van der Waals surface area contributed by atoms with Gasteiger partial charge in [-0.2, -0.15) is 0 Å². The lowest BCUT2D eigenvalue weighted by atomic mass is 9.73. The molecule has 34 heavy (non-hydrogen) atoms. The molecule has 2 aromatic carbocycles. The normalized spacial score (nSPS) is 19.0. The van der Waals surface area contributed by atoms with Crippen LogP contribution in [-0.4, -0.2) is 27.5 Å². The Labute approximate surface area is 196 Å². The van der Waals surface area contributed by atoms with Crippen LogP contribution in [0.4, 0.5) is 17.1 Å². The smallest absolute Gasteiger partial charge is 0.311 e. The van der Waals surface area contributed by atoms with Gasteiger partial charge in [-0.25, -0.2) is 0 Å². The molecule has 176 valence electrons. The van der Waals surface area contributed by atoms with Crippen molar-refractivity contribution >= 4 is 34.5 Å². The minimum absolute atomic E-state index is 0.192. The number of nitro benzene ring substituents is 1. The number of carbonyl (C=O) groups is 3. The molecule has 9 nitrogen and oxygen atoms in total. The first-order valence-corrected chi connectivity index (χ1v) is 10.9. The summed E-state index contributed by atoms with van der Waals surface area (Å²) >= 11 is 0. The van der Waals surface area contributed by atoms with E-state index < -0.39 is 28.2 Å². The lowest BCUT2D eigenvalue weighted by molar-refractivity contribution is -0.386. The molecule has 0 bridgehead atoms. The molecule has 1 aliphatic carbocycles. The number of rotatable bonds is 3. The van der Waals surface area contributed by atoms with Crippen LogP contribution in [0, 0.1) is 15.5 Å².